The summed E-state index contributed by atoms with van der Waals surface area (Å²) in [6.45, 7) is 6.98. The Morgan fingerprint density at radius 1 is 1.55 bits per heavy atom. The van der Waals surface area contributed by atoms with E-state index in [-0.39, 0.29) is 23.6 Å². The normalized spacial score (nSPS) is 29.4. The lowest BCUT2D eigenvalue weighted by atomic mass is 9.59. The summed E-state index contributed by atoms with van der Waals surface area (Å²) in [7, 11) is 1.90. The predicted molar refractivity (Wildman–Crippen MR) is 84.2 cm³/mol. The number of ether oxygens (including phenoxy) is 2. The smallest absolute Gasteiger partial charge is 0.348 e. The Balaban J connectivity index is 1.57. The molecule has 2 aliphatic rings. The molecule has 3 atom stereocenters. The van der Waals surface area contributed by atoms with Gasteiger partial charge in [-0.2, -0.15) is 5.10 Å². The van der Waals surface area contributed by atoms with Crippen molar-refractivity contribution >= 4 is 27.5 Å². The highest BCUT2D eigenvalue weighted by molar-refractivity contribution is 7.20. The van der Waals surface area contributed by atoms with E-state index in [0.717, 1.165) is 28.9 Å². The van der Waals surface area contributed by atoms with Gasteiger partial charge in [-0.3, -0.25) is 4.68 Å². The third-order valence-corrected chi connectivity index (χ3v) is 6.31. The van der Waals surface area contributed by atoms with Gasteiger partial charge in [0.25, 0.3) is 0 Å². The summed E-state index contributed by atoms with van der Waals surface area (Å²) in [5.74, 6) is 0.140. The molecule has 0 spiro atoms. The molecule has 5 nitrogen and oxygen atoms in total. The minimum Gasteiger partial charge on any atom is -0.457 e. The Labute approximate surface area is 133 Å². The van der Waals surface area contributed by atoms with E-state index in [4.69, 9.17) is 9.47 Å². The van der Waals surface area contributed by atoms with E-state index < -0.39 is 0 Å². The predicted octanol–water partition coefficient (Wildman–Crippen LogP) is 2.91. The molecule has 0 N–H and O–H groups in total. The first-order chi connectivity index (χ1) is 10.4. The minimum absolute atomic E-state index is 0.0445. The minimum atomic E-state index is -0.218. The molecule has 0 amide bonds. The van der Waals surface area contributed by atoms with Crippen LogP contribution in [0, 0.1) is 18.3 Å². The number of aryl methyl sites for hydroxylation is 2. The van der Waals surface area contributed by atoms with E-state index in [1.54, 1.807) is 0 Å². The van der Waals surface area contributed by atoms with Gasteiger partial charge in [0.15, 0.2) is 0 Å². The lowest BCUT2D eigenvalue weighted by molar-refractivity contribution is -0.183. The van der Waals surface area contributed by atoms with Crippen LogP contribution in [0.2, 0.25) is 0 Å². The average Bonchev–Trinajstić information content (AvgIpc) is 3.14. The molecule has 3 heterocycles. The topological polar surface area (TPSA) is 53.4 Å². The lowest BCUT2D eigenvalue weighted by Crippen LogP contribution is -2.61. The summed E-state index contributed by atoms with van der Waals surface area (Å²) in [5, 5.41) is 5.40. The fourth-order valence-electron chi connectivity index (χ4n) is 4.00. The maximum absolute atomic E-state index is 12.5. The Morgan fingerprint density at radius 3 is 3.05 bits per heavy atom. The monoisotopic (exact) mass is 320 g/mol. The largest absolute Gasteiger partial charge is 0.457 e. The number of nitrogens with zero attached hydrogens (tertiary/aromatic N) is 2. The van der Waals surface area contributed by atoms with Gasteiger partial charge in [0.05, 0.1) is 11.8 Å². The van der Waals surface area contributed by atoms with E-state index >= 15 is 0 Å². The second kappa shape index (κ2) is 4.55. The molecule has 2 aromatic rings. The van der Waals surface area contributed by atoms with Crippen molar-refractivity contribution < 1.29 is 14.3 Å². The molecule has 0 radical (unpaired) electrons. The summed E-state index contributed by atoms with van der Waals surface area (Å²) in [6, 6.07) is 1.90. The second-order valence-electron chi connectivity index (χ2n) is 6.93. The number of hydrogen-bond acceptors (Lipinski definition) is 5. The van der Waals surface area contributed by atoms with Crippen LogP contribution >= 0.6 is 11.3 Å². The highest BCUT2D eigenvalue weighted by Crippen LogP contribution is 2.54. The van der Waals surface area contributed by atoms with Crippen LogP contribution in [0.3, 0.4) is 0 Å². The first-order valence-corrected chi connectivity index (χ1v) is 8.47. The molecule has 0 aromatic carbocycles. The van der Waals surface area contributed by atoms with E-state index in [9.17, 15) is 4.79 Å². The first-order valence-electron chi connectivity index (χ1n) is 7.65. The van der Waals surface area contributed by atoms with Crippen LogP contribution in [0.4, 0.5) is 0 Å². The molecule has 6 heteroatoms. The molecule has 2 aromatic heterocycles. The Morgan fingerprint density at radius 2 is 2.32 bits per heavy atom. The van der Waals surface area contributed by atoms with Crippen molar-refractivity contribution in [3.63, 3.8) is 0 Å². The third-order valence-electron chi connectivity index (χ3n) is 5.12. The summed E-state index contributed by atoms with van der Waals surface area (Å²) >= 11 is 1.45. The SMILES string of the molecule is Cc1nn(C)c2sc(C(=O)O[C@@H]3[C@@H]4CCO[C@@H]4C3(C)C)cc12. The molecule has 0 unspecified atom stereocenters. The van der Waals surface area contributed by atoms with Crippen molar-refractivity contribution in [1.82, 2.24) is 9.78 Å². The maximum Gasteiger partial charge on any atom is 0.348 e. The van der Waals surface area contributed by atoms with Crippen LogP contribution in [0.1, 0.15) is 35.6 Å². The maximum atomic E-state index is 12.5. The fraction of sp³-hybridized carbons (Fsp3) is 0.625. The number of hydrogen-bond donors (Lipinski definition) is 0. The van der Waals surface area contributed by atoms with Gasteiger partial charge in [-0.1, -0.05) is 13.8 Å². The van der Waals surface area contributed by atoms with Gasteiger partial charge in [-0.25, -0.2) is 4.79 Å². The average molecular weight is 320 g/mol. The Bertz CT molecular complexity index is 726. The van der Waals surface area contributed by atoms with Crippen LogP contribution in [0.5, 0.6) is 0 Å². The highest BCUT2D eigenvalue weighted by Gasteiger charge is 2.61. The molecule has 1 saturated carbocycles. The van der Waals surface area contributed by atoms with Gasteiger partial charge in [-0.15, -0.1) is 11.3 Å². The van der Waals surface area contributed by atoms with E-state index in [1.807, 2.05) is 24.7 Å². The van der Waals surface area contributed by atoms with Gasteiger partial charge in [0.1, 0.15) is 15.8 Å². The summed E-state index contributed by atoms with van der Waals surface area (Å²) in [4.78, 5) is 14.2. The van der Waals surface area contributed by atoms with Crippen molar-refractivity contribution in [3.8, 4) is 0 Å². The molecule has 1 saturated heterocycles. The zero-order valence-corrected chi connectivity index (χ0v) is 14.1. The molecular formula is C16H20N2O3S. The number of carbonyl (C=O) groups is 1. The molecule has 1 aliphatic carbocycles. The molecule has 4 rings (SSSR count). The van der Waals surface area contributed by atoms with E-state index in [2.05, 4.69) is 18.9 Å². The summed E-state index contributed by atoms with van der Waals surface area (Å²) in [6.07, 6.45) is 1.18. The molecule has 22 heavy (non-hydrogen) atoms. The zero-order chi connectivity index (χ0) is 15.6. The number of rotatable bonds is 2. The van der Waals surface area contributed by atoms with Crippen LogP contribution in [0.15, 0.2) is 6.07 Å². The van der Waals surface area contributed by atoms with Crippen molar-refractivity contribution in [2.45, 2.75) is 39.4 Å². The van der Waals surface area contributed by atoms with E-state index in [0.29, 0.717) is 10.8 Å². The highest BCUT2D eigenvalue weighted by atomic mass is 32.1. The van der Waals surface area contributed by atoms with Crippen LogP contribution in [-0.4, -0.2) is 34.6 Å². The van der Waals surface area contributed by atoms with E-state index in [1.165, 1.54) is 11.3 Å². The number of thiophene rings is 1. The Hall–Kier alpha value is -1.40. The molecule has 0 bridgehead atoms. The van der Waals surface area contributed by atoms with Gasteiger partial charge in [0.2, 0.25) is 0 Å². The van der Waals surface area contributed by atoms with Gasteiger partial charge < -0.3 is 9.47 Å². The number of esters is 1. The summed E-state index contributed by atoms with van der Waals surface area (Å²) < 4.78 is 13.4. The fourth-order valence-corrected chi connectivity index (χ4v) is 5.00. The molecule has 1 aliphatic heterocycles. The number of aromatic nitrogens is 2. The van der Waals surface area contributed by atoms with Crippen LogP contribution < -0.4 is 0 Å². The van der Waals surface area contributed by atoms with Gasteiger partial charge >= 0.3 is 5.97 Å². The second-order valence-corrected chi connectivity index (χ2v) is 7.96. The standard InChI is InChI=1S/C16H20N2O3S/c1-8-10-7-11(22-14(10)18(4)17-8)15(19)21-13-9-5-6-20-12(9)16(13,2)3/h7,9,12-13H,5-6H2,1-4H3/t9-,12+,13-/m1/s1. The molecule has 2 fully saturated rings. The summed E-state index contributed by atoms with van der Waals surface area (Å²) in [5.41, 5.74) is 0.853. The molecular weight excluding hydrogens is 300 g/mol. The van der Waals surface area contributed by atoms with Crippen LogP contribution in [0.25, 0.3) is 10.2 Å². The van der Waals surface area contributed by atoms with Crippen molar-refractivity contribution in [2.24, 2.45) is 18.4 Å². The van der Waals surface area contributed by atoms with Gasteiger partial charge in [-0.05, 0) is 19.4 Å². The van der Waals surface area contributed by atoms with Crippen molar-refractivity contribution in [1.29, 1.82) is 0 Å². The number of fused-ring (bicyclic) bond motifs is 2. The van der Waals surface area contributed by atoms with Gasteiger partial charge in [0, 0.05) is 30.4 Å². The quantitative estimate of drug-likeness (QED) is 0.798. The third kappa shape index (κ3) is 1.80. The first kappa shape index (κ1) is 14.2. The molecule has 118 valence electrons. The van der Waals surface area contributed by atoms with Crippen molar-refractivity contribution in [2.75, 3.05) is 6.61 Å². The van der Waals surface area contributed by atoms with Crippen molar-refractivity contribution in [3.05, 3.63) is 16.6 Å². The lowest BCUT2D eigenvalue weighted by Gasteiger charge is -2.53. The number of carbonyl (C=O) groups excluding carboxylic acids is 1. The Kier molecular flexibility index (Phi) is 2.94. The zero-order valence-electron chi connectivity index (χ0n) is 13.3. The van der Waals surface area contributed by atoms with Crippen LogP contribution in [-0.2, 0) is 16.5 Å².